The second-order valence-corrected chi connectivity index (χ2v) is 6.00. The highest BCUT2D eigenvalue weighted by Gasteiger charge is 2.12. The highest BCUT2D eigenvalue weighted by Crippen LogP contribution is 2.29. The molecule has 0 aliphatic rings. The van der Waals surface area contributed by atoms with Gasteiger partial charge in [0.15, 0.2) is 5.13 Å². The van der Waals surface area contributed by atoms with E-state index in [-0.39, 0.29) is 5.69 Å². The predicted molar refractivity (Wildman–Crippen MR) is 96.5 cm³/mol. The van der Waals surface area contributed by atoms with Gasteiger partial charge in [-0.1, -0.05) is 11.3 Å². The third kappa shape index (κ3) is 4.01. The van der Waals surface area contributed by atoms with Crippen LogP contribution in [0.3, 0.4) is 0 Å². The Morgan fingerprint density at radius 1 is 1.24 bits per heavy atom. The van der Waals surface area contributed by atoms with Gasteiger partial charge in [-0.25, -0.2) is 9.78 Å². The number of hydrogen-bond acceptors (Lipinski definition) is 6. The van der Waals surface area contributed by atoms with Gasteiger partial charge < -0.3 is 10.1 Å². The first-order valence-electron chi connectivity index (χ1n) is 7.41. The molecule has 8 nitrogen and oxygen atoms in total. The summed E-state index contributed by atoms with van der Waals surface area (Å²) in [6.07, 6.45) is 0. The van der Waals surface area contributed by atoms with Gasteiger partial charge in [-0.05, 0) is 37.3 Å². The lowest BCUT2D eigenvalue weighted by Gasteiger charge is -2.07. The predicted octanol–water partition coefficient (Wildman–Crippen LogP) is 4.25. The molecule has 0 saturated carbocycles. The minimum absolute atomic E-state index is 0.0125. The molecule has 0 atom stereocenters. The first-order valence-corrected chi connectivity index (χ1v) is 8.22. The molecule has 0 saturated heterocycles. The number of nitrogens with one attached hydrogen (secondary N) is 2. The molecule has 25 heavy (non-hydrogen) atoms. The van der Waals surface area contributed by atoms with Crippen LogP contribution < -0.4 is 15.4 Å². The Balaban J connectivity index is 1.68. The van der Waals surface area contributed by atoms with E-state index in [1.165, 1.54) is 23.5 Å². The van der Waals surface area contributed by atoms with Crippen LogP contribution >= 0.6 is 11.3 Å². The molecular weight excluding hydrogens is 344 g/mol. The summed E-state index contributed by atoms with van der Waals surface area (Å²) in [7, 11) is 0. The summed E-state index contributed by atoms with van der Waals surface area (Å²) in [5.74, 6) is 0.723. The lowest BCUT2D eigenvalue weighted by molar-refractivity contribution is -0.384. The monoisotopic (exact) mass is 358 g/mol. The fraction of sp³-hybridized carbons (Fsp3) is 0.125. The standard InChI is InChI=1S/C16H14N4O4S/c1-2-24-12-6-3-10(4-7-12)17-15(21)19-16-18-13-8-5-11(20(22)23)9-14(13)25-16/h3-9H,2H2,1H3,(H2,17,18,19,21). The number of fused-ring (bicyclic) bond motifs is 1. The molecule has 0 spiro atoms. The Morgan fingerprint density at radius 3 is 2.68 bits per heavy atom. The van der Waals surface area contributed by atoms with Gasteiger partial charge in [-0.3, -0.25) is 15.4 Å². The van der Waals surface area contributed by atoms with Crippen molar-refractivity contribution in [1.29, 1.82) is 0 Å². The number of rotatable bonds is 5. The van der Waals surface area contributed by atoms with E-state index in [0.29, 0.717) is 27.6 Å². The Morgan fingerprint density at radius 2 is 2.00 bits per heavy atom. The zero-order chi connectivity index (χ0) is 17.8. The van der Waals surface area contributed by atoms with Gasteiger partial charge in [0, 0.05) is 17.8 Å². The number of nitro benzene ring substituents is 1. The molecule has 2 amide bonds. The number of carbonyl (C=O) groups excluding carboxylic acids is 1. The number of non-ortho nitro benzene ring substituents is 1. The van der Waals surface area contributed by atoms with Gasteiger partial charge in [0.1, 0.15) is 5.75 Å². The summed E-state index contributed by atoms with van der Waals surface area (Å²) >= 11 is 1.17. The highest BCUT2D eigenvalue weighted by molar-refractivity contribution is 7.22. The molecule has 0 aliphatic heterocycles. The molecule has 0 bridgehead atoms. The number of nitro groups is 1. The van der Waals surface area contributed by atoms with Crippen molar-refractivity contribution < 1.29 is 14.5 Å². The highest BCUT2D eigenvalue weighted by atomic mass is 32.1. The molecule has 0 unspecified atom stereocenters. The van der Waals surface area contributed by atoms with Crippen molar-refractivity contribution in [2.45, 2.75) is 6.92 Å². The second-order valence-electron chi connectivity index (χ2n) is 4.96. The van der Waals surface area contributed by atoms with Crippen molar-refractivity contribution in [3.63, 3.8) is 0 Å². The zero-order valence-electron chi connectivity index (χ0n) is 13.2. The normalized spacial score (nSPS) is 10.4. The van der Waals surface area contributed by atoms with E-state index in [1.54, 1.807) is 30.3 Å². The molecule has 2 aromatic carbocycles. The van der Waals surface area contributed by atoms with Gasteiger partial charge in [0.05, 0.1) is 21.7 Å². The van der Waals surface area contributed by atoms with Crippen LogP contribution in [0.25, 0.3) is 10.2 Å². The number of urea groups is 1. The topological polar surface area (TPSA) is 106 Å². The number of aromatic nitrogens is 1. The summed E-state index contributed by atoms with van der Waals surface area (Å²) in [6, 6.07) is 10.9. The van der Waals surface area contributed by atoms with Crippen molar-refractivity contribution in [2.24, 2.45) is 0 Å². The van der Waals surface area contributed by atoms with Crippen LogP contribution in [-0.4, -0.2) is 22.5 Å². The maximum Gasteiger partial charge on any atom is 0.325 e. The fourth-order valence-corrected chi connectivity index (χ4v) is 3.03. The summed E-state index contributed by atoms with van der Waals surface area (Å²) in [5, 5.41) is 16.5. The fourth-order valence-electron chi connectivity index (χ4n) is 2.14. The molecule has 0 aliphatic carbocycles. The number of benzene rings is 2. The largest absolute Gasteiger partial charge is 0.494 e. The molecule has 128 valence electrons. The summed E-state index contributed by atoms with van der Waals surface area (Å²) in [4.78, 5) is 26.6. The minimum atomic E-state index is -0.467. The molecule has 3 rings (SSSR count). The first kappa shape index (κ1) is 16.7. The average molecular weight is 358 g/mol. The van der Waals surface area contributed by atoms with Gasteiger partial charge >= 0.3 is 6.03 Å². The number of hydrogen-bond donors (Lipinski definition) is 2. The van der Waals surface area contributed by atoms with E-state index >= 15 is 0 Å². The van der Waals surface area contributed by atoms with Crippen molar-refractivity contribution in [3.8, 4) is 5.75 Å². The molecule has 1 aromatic heterocycles. The van der Waals surface area contributed by atoms with E-state index in [0.717, 1.165) is 5.75 Å². The zero-order valence-corrected chi connectivity index (χ0v) is 14.0. The van der Waals surface area contributed by atoms with Crippen LogP contribution in [0.15, 0.2) is 42.5 Å². The first-order chi connectivity index (χ1) is 12.0. The van der Waals surface area contributed by atoms with E-state index in [4.69, 9.17) is 4.74 Å². The second kappa shape index (κ2) is 7.14. The van der Waals surface area contributed by atoms with Crippen LogP contribution in [0.1, 0.15) is 6.92 Å². The SMILES string of the molecule is CCOc1ccc(NC(=O)Nc2nc3ccc([N+](=O)[O-])cc3s2)cc1. The Labute approximate surface area is 146 Å². The number of nitrogens with zero attached hydrogens (tertiary/aromatic N) is 2. The minimum Gasteiger partial charge on any atom is -0.494 e. The number of thiazole rings is 1. The van der Waals surface area contributed by atoms with Crippen molar-refractivity contribution in [3.05, 3.63) is 52.6 Å². The Kier molecular flexibility index (Phi) is 4.75. The number of anilines is 2. The Hall–Kier alpha value is -3.20. The molecule has 1 heterocycles. The van der Waals surface area contributed by atoms with E-state index in [1.807, 2.05) is 6.92 Å². The van der Waals surface area contributed by atoms with E-state index < -0.39 is 11.0 Å². The van der Waals surface area contributed by atoms with Gasteiger partial charge in [0.2, 0.25) is 0 Å². The van der Waals surface area contributed by atoms with Gasteiger partial charge in [0.25, 0.3) is 5.69 Å². The van der Waals surface area contributed by atoms with Crippen LogP contribution in [0.2, 0.25) is 0 Å². The molecular formula is C16H14N4O4S. The maximum absolute atomic E-state index is 12.0. The summed E-state index contributed by atoms with van der Waals surface area (Å²) in [5.41, 5.74) is 1.19. The summed E-state index contributed by atoms with van der Waals surface area (Å²) < 4.78 is 5.97. The molecule has 9 heteroatoms. The quantitative estimate of drug-likeness (QED) is 0.524. The van der Waals surface area contributed by atoms with Crippen molar-refractivity contribution in [2.75, 3.05) is 17.2 Å². The maximum atomic E-state index is 12.0. The average Bonchev–Trinajstić information content (AvgIpc) is 2.97. The Bertz CT molecular complexity index is 924. The molecule has 2 N–H and O–H groups in total. The van der Waals surface area contributed by atoms with Crippen LogP contribution in [0.4, 0.5) is 21.3 Å². The van der Waals surface area contributed by atoms with Crippen LogP contribution in [0.5, 0.6) is 5.75 Å². The van der Waals surface area contributed by atoms with Crippen LogP contribution in [0, 0.1) is 10.1 Å². The van der Waals surface area contributed by atoms with Crippen molar-refractivity contribution in [1.82, 2.24) is 4.98 Å². The van der Waals surface area contributed by atoms with Crippen molar-refractivity contribution >= 4 is 44.1 Å². The third-order valence-electron chi connectivity index (χ3n) is 3.23. The van der Waals surface area contributed by atoms with E-state index in [2.05, 4.69) is 15.6 Å². The van der Waals surface area contributed by atoms with Gasteiger partial charge in [-0.2, -0.15) is 0 Å². The number of amides is 2. The van der Waals surface area contributed by atoms with Gasteiger partial charge in [-0.15, -0.1) is 0 Å². The smallest absolute Gasteiger partial charge is 0.325 e. The summed E-state index contributed by atoms with van der Waals surface area (Å²) in [6.45, 7) is 2.47. The molecule has 0 fully saturated rings. The molecule has 3 aromatic rings. The molecule has 0 radical (unpaired) electrons. The number of carbonyl (C=O) groups is 1. The third-order valence-corrected chi connectivity index (χ3v) is 4.16. The van der Waals surface area contributed by atoms with E-state index in [9.17, 15) is 14.9 Å². The lowest BCUT2D eigenvalue weighted by Crippen LogP contribution is -2.19. The van der Waals surface area contributed by atoms with Crippen LogP contribution in [-0.2, 0) is 0 Å². The number of ether oxygens (including phenoxy) is 1. The lowest BCUT2D eigenvalue weighted by atomic mass is 10.3.